The van der Waals surface area contributed by atoms with Crippen molar-refractivity contribution in [1.29, 1.82) is 0 Å². The average molecular weight is 351 g/mol. The van der Waals surface area contributed by atoms with E-state index < -0.39 is 17.5 Å². The summed E-state index contributed by atoms with van der Waals surface area (Å²) in [5.74, 6) is -1.16. The molecule has 0 saturated heterocycles. The zero-order valence-electron chi connectivity index (χ0n) is 15.1. The van der Waals surface area contributed by atoms with Crippen LogP contribution in [0, 0.1) is 0 Å². The van der Waals surface area contributed by atoms with Gasteiger partial charge in [0.05, 0.1) is 6.61 Å². The van der Waals surface area contributed by atoms with Gasteiger partial charge in [0.2, 0.25) is 0 Å². The first-order chi connectivity index (χ1) is 11.7. The fraction of sp³-hybridized carbons (Fsp3) is 0.368. The largest absolute Gasteiger partial charge is 0.396 e. The third kappa shape index (κ3) is 19.7. The number of aliphatic hydroxyl groups is 2. The summed E-state index contributed by atoms with van der Waals surface area (Å²) in [6.07, 6.45) is 4.88. The summed E-state index contributed by atoms with van der Waals surface area (Å²) in [5.41, 5.74) is 6.06. The number of hydrogen-bond donors (Lipinski definition) is 3. The summed E-state index contributed by atoms with van der Waals surface area (Å²) in [6, 6.07) is 10.0. The molecule has 0 aromatic heterocycles. The molecular formula is C19H29NO5. The Bertz CT molecular complexity index is 500. The first-order valence-corrected chi connectivity index (χ1v) is 7.82. The van der Waals surface area contributed by atoms with E-state index in [0.717, 1.165) is 18.6 Å². The number of nitrogens with two attached hydrogens (primary N) is 1. The van der Waals surface area contributed by atoms with Crippen molar-refractivity contribution in [3.8, 4) is 0 Å². The monoisotopic (exact) mass is 351 g/mol. The molecule has 4 N–H and O–H groups in total. The van der Waals surface area contributed by atoms with Crippen molar-refractivity contribution in [2.24, 2.45) is 5.73 Å². The van der Waals surface area contributed by atoms with E-state index >= 15 is 0 Å². The highest BCUT2D eigenvalue weighted by Gasteiger charge is 2.10. The van der Waals surface area contributed by atoms with Crippen LogP contribution in [-0.4, -0.2) is 40.9 Å². The Kier molecular flexibility index (Phi) is 15.2. The first kappa shape index (κ1) is 25.0. The molecule has 0 aliphatic carbocycles. The van der Waals surface area contributed by atoms with Gasteiger partial charge in [-0.2, -0.15) is 0 Å². The molecule has 0 bridgehead atoms. The van der Waals surface area contributed by atoms with Crippen LogP contribution in [0.3, 0.4) is 0 Å². The highest BCUT2D eigenvalue weighted by Crippen LogP contribution is 1.97. The summed E-state index contributed by atoms with van der Waals surface area (Å²) in [4.78, 5) is 19.8. The quantitative estimate of drug-likeness (QED) is 0.568. The van der Waals surface area contributed by atoms with E-state index in [0.29, 0.717) is 6.61 Å². The van der Waals surface area contributed by atoms with Gasteiger partial charge in [-0.3, -0.25) is 0 Å². The van der Waals surface area contributed by atoms with Crippen LogP contribution in [0.4, 0.5) is 0 Å². The van der Waals surface area contributed by atoms with Crippen LogP contribution in [0.25, 0.3) is 6.08 Å². The minimum Gasteiger partial charge on any atom is -0.396 e. The number of ether oxygens (including phenoxy) is 1. The highest BCUT2D eigenvalue weighted by atomic mass is 16.6. The first-order valence-electron chi connectivity index (χ1n) is 7.82. The van der Waals surface area contributed by atoms with Crippen LogP contribution in [0.2, 0.25) is 0 Å². The molecule has 1 aliphatic rings. The number of esters is 2. The maximum Gasteiger partial charge on any atom is 0.338 e. The molecule has 6 heteroatoms. The number of rotatable bonds is 3. The van der Waals surface area contributed by atoms with E-state index in [1.54, 1.807) is 13.8 Å². The lowest BCUT2D eigenvalue weighted by Crippen LogP contribution is -2.35. The Labute approximate surface area is 149 Å². The average Bonchev–Trinajstić information content (AvgIpc) is 2.99. The minimum absolute atomic E-state index is 0.0486. The second-order valence-electron chi connectivity index (χ2n) is 5.56. The topological polar surface area (TPSA) is 110 Å². The van der Waals surface area contributed by atoms with E-state index in [4.69, 9.17) is 15.9 Å². The summed E-state index contributed by atoms with van der Waals surface area (Å²) >= 11 is 0. The van der Waals surface area contributed by atoms with Gasteiger partial charge in [0.15, 0.2) is 0 Å². The summed E-state index contributed by atoms with van der Waals surface area (Å²) < 4.78 is 3.97. The lowest BCUT2D eigenvalue weighted by atomic mass is 10.1. The Hall–Kier alpha value is -2.28. The van der Waals surface area contributed by atoms with Gasteiger partial charge in [0.1, 0.15) is 0 Å². The van der Waals surface area contributed by atoms with Gasteiger partial charge in [-0.25, -0.2) is 9.59 Å². The molecule has 0 spiro atoms. The Morgan fingerprint density at radius 3 is 1.68 bits per heavy atom. The van der Waals surface area contributed by atoms with Gasteiger partial charge in [-0.1, -0.05) is 49.9 Å². The van der Waals surface area contributed by atoms with Crippen molar-refractivity contribution in [3.05, 3.63) is 54.6 Å². The Morgan fingerprint density at radius 2 is 1.52 bits per heavy atom. The third-order valence-corrected chi connectivity index (χ3v) is 2.22. The van der Waals surface area contributed by atoms with Gasteiger partial charge < -0.3 is 20.7 Å². The fourth-order valence-electron chi connectivity index (χ4n) is 0.892. The van der Waals surface area contributed by atoms with Gasteiger partial charge in [-0.15, -0.1) is 0 Å². The van der Waals surface area contributed by atoms with Crippen molar-refractivity contribution in [1.82, 2.24) is 0 Å². The second-order valence-corrected chi connectivity index (χ2v) is 5.56. The Morgan fingerprint density at radius 1 is 1.12 bits per heavy atom. The Balaban J connectivity index is 0. The van der Waals surface area contributed by atoms with Crippen molar-refractivity contribution in [2.75, 3.05) is 13.2 Å². The zero-order valence-corrected chi connectivity index (χ0v) is 15.1. The summed E-state index contributed by atoms with van der Waals surface area (Å²) in [5, 5.41) is 16.2. The van der Waals surface area contributed by atoms with Crippen molar-refractivity contribution in [3.63, 3.8) is 0 Å². The van der Waals surface area contributed by atoms with Gasteiger partial charge in [0, 0.05) is 24.3 Å². The van der Waals surface area contributed by atoms with Gasteiger partial charge in [0.25, 0.3) is 0 Å². The predicted molar refractivity (Wildman–Crippen MR) is 99.5 cm³/mol. The van der Waals surface area contributed by atoms with E-state index in [9.17, 15) is 9.59 Å². The SMILES string of the molecule is C=Cc1ccccc1.CC(C)(N)CO.CCCO.O=C1C=CC(=O)O1. The van der Waals surface area contributed by atoms with Gasteiger partial charge in [-0.05, 0) is 25.8 Å². The normalized spacial score (nSPS) is 11.8. The van der Waals surface area contributed by atoms with Crippen molar-refractivity contribution >= 4 is 18.0 Å². The number of hydrogen-bond acceptors (Lipinski definition) is 6. The smallest absolute Gasteiger partial charge is 0.338 e. The minimum atomic E-state index is -0.579. The van der Waals surface area contributed by atoms with Crippen LogP contribution in [0.5, 0.6) is 0 Å². The molecular weight excluding hydrogens is 322 g/mol. The molecule has 1 aromatic rings. The molecule has 0 amide bonds. The fourth-order valence-corrected chi connectivity index (χ4v) is 0.892. The van der Waals surface area contributed by atoms with Crippen LogP contribution >= 0.6 is 0 Å². The number of benzene rings is 1. The molecule has 6 nitrogen and oxygen atoms in total. The number of carbonyl (C=O) groups is 2. The maximum absolute atomic E-state index is 9.92. The molecule has 0 fully saturated rings. The van der Waals surface area contributed by atoms with Crippen LogP contribution < -0.4 is 5.73 Å². The standard InChI is InChI=1S/C8H8.C4H11NO.C4H2O3.C3H8O/c1-2-8-6-4-3-5-7-8;1-4(2,5)3-6;5-3-1-2-4(6)7-3;1-2-3-4/h2-7H,1H2;6H,3,5H2,1-2H3;1-2H;4H,2-3H2,1H3. The molecule has 1 heterocycles. The molecule has 140 valence electrons. The summed E-state index contributed by atoms with van der Waals surface area (Å²) in [7, 11) is 0. The molecule has 0 atom stereocenters. The zero-order chi connectivity index (χ0) is 19.7. The molecule has 0 unspecified atom stereocenters. The van der Waals surface area contributed by atoms with Crippen molar-refractivity contribution in [2.45, 2.75) is 32.7 Å². The maximum atomic E-state index is 9.92. The number of cyclic esters (lactones) is 2. The van der Waals surface area contributed by atoms with Gasteiger partial charge >= 0.3 is 11.9 Å². The second kappa shape index (κ2) is 15.3. The van der Waals surface area contributed by atoms with Crippen LogP contribution in [0.15, 0.2) is 49.1 Å². The van der Waals surface area contributed by atoms with E-state index in [2.05, 4.69) is 11.3 Å². The number of carbonyl (C=O) groups excluding carboxylic acids is 2. The molecule has 25 heavy (non-hydrogen) atoms. The molecule has 0 radical (unpaired) electrons. The highest BCUT2D eigenvalue weighted by molar-refractivity contribution is 6.04. The van der Waals surface area contributed by atoms with E-state index in [1.807, 2.05) is 43.3 Å². The van der Waals surface area contributed by atoms with Crippen LogP contribution in [0.1, 0.15) is 32.8 Å². The van der Waals surface area contributed by atoms with E-state index in [1.165, 1.54) is 5.56 Å². The lowest BCUT2D eigenvalue weighted by Gasteiger charge is -2.12. The van der Waals surface area contributed by atoms with Crippen LogP contribution in [-0.2, 0) is 14.3 Å². The predicted octanol–water partition coefficient (Wildman–Crippen LogP) is 2.06. The molecule has 2 rings (SSSR count). The molecule has 0 saturated carbocycles. The lowest BCUT2D eigenvalue weighted by molar-refractivity contribution is -0.150. The van der Waals surface area contributed by atoms with E-state index in [-0.39, 0.29) is 6.61 Å². The number of aliphatic hydroxyl groups excluding tert-OH is 2. The molecule has 1 aromatic carbocycles. The molecule has 1 aliphatic heterocycles. The third-order valence-electron chi connectivity index (χ3n) is 2.22. The summed E-state index contributed by atoms with van der Waals surface area (Å²) in [6.45, 7) is 9.47. The van der Waals surface area contributed by atoms with Crippen molar-refractivity contribution < 1.29 is 24.5 Å².